The Morgan fingerprint density at radius 3 is 2.50 bits per heavy atom. The van der Waals surface area contributed by atoms with Gasteiger partial charge in [0.25, 0.3) is 5.91 Å². The standard InChI is InChI=1S/C18H21NO6S/c1-23-10-12-6-7-26-17(12)18(22)19-13(9-16(20)21)11-4-5-14(24-2)15(8-11)25-3/h4-8,13H,9-10H2,1-3H3,(H,19,22)(H,20,21). The van der Waals surface area contributed by atoms with E-state index in [4.69, 9.17) is 14.2 Å². The van der Waals surface area contributed by atoms with Gasteiger partial charge in [0.05, 0.1) is 38.2 Å². The highest BCUT2D eigenvalue weighted by atomic mass is 32.1. The molecule has 0 saturated carbocycles. The number of aliphatic carboxylic acids is 1. The summed E-state index contributed by atoms with van der Waals surface area (Å²) < 4.78 is 15.5. The van der Waals surface area contributed by atoms with Crippen LogP contribution in [0.2, 0.25) is 0 Å². The van der Waals surface area contributed by atoms with Crippen molar-refractivity contribution in [3.05, 3.63) is 45.6 Å². The molecular weight excluding hydrogens is 358 g/mol. The van der Waals surface area contributed by atoms with Gasteiger partial charge in [-0.25, -0.2) is 0 Å². The SMILES string of the molecule is COCc1ccsc1C(=O)NC(CC(=O)O)c1ccc(OC)c(OC)c1. The average molecular weight is 379 g/mol. The highest BCUT2D eigenvalue weighted by molar-refractivity contribution is 7.12. The molecule has 1 unspecified atom stereocenters. The molecule has 8 heteroatoms. The number of methoxy groups -OCH3 is 3. The van der Waals surface area contributed by atoms with Crippen molar-refractivity contribution >= 4 is 23.2 Å². The molecule has 0 spiro atoms. The van der Waals surface area contributed by atoms with Gasteiger partial charge in [-0.2, -0.15) is 0 Å². The maximum atomic E-state index is 12.6. The summed E-state index contributed by atoms with van der Waals surface area (Å²) in [5.74, 6) is -0.371. The molecule has 1 heterocycles. The van der Waals surface area contributed by atoms with E-state index in [-0.39, 0.29) is 12.3 Å². The van der Waals surface area contributed by atoms with E-state index in [1.807, 2.05) is 6.07 Å². The van der Waals surface area contributed by atoms with E-state index < -0.39 is 12.0 Å². The Morgan fingerprint density at radius 1 is 1.15 bits per heavy atom. The molecule has 0 saturated heterocycles. The maximum absolute atomic E-state index is 12.6. The van der Waals surface area contributed by atoms with Crippen LogP contribution in [-0.4, -0.2) is 38.3 Å². The second-order valence-electron chi connectivity index (χ2n) is 5.45. The molecule has 0 radical (unpaired) electrons. The minimum absolute atomic E-state index is 0.258. The monoisotopic (exact) mass is 379 g/mol. The molecular formula is C18H21NO6S. The van der Waals surface area contributed by atoms with Crippen LogP contribution in [0, 0.1) is 0 Å². The molecule has 140 valence electrons. The van der Waals surface area contributed by atoms with Crippen LogP contribution in [0.5, 0.6) is 11.5 Å². The fourth-order valence-electron chi connectivity index (χ4n) is 2.52. The molecule has 2 aromatic rings. The summed E-state index contributed by atoms with van der Waals surface area (Å²) in [7, 11) is 4.56. The third-order valence-electron chi connectivity index (χ3n) is 3.75. The van der Waals surface area contributed by atoms with E-state index in [1.165, 1.54) is 25.6 Å². The zero-order valence-corrected chi connectivity index (χ0v) is 15.6. The fourth-order valence-corrected chi connectivity index (χ4v) is 3.34. The lowest BCUT2D eigenvalue weighted by molar-refractivity contribution is -0.137. The molecule has 26 heavy (non-hydrogen) atoms. The minimum atomic E-state index is -1.02. The van der Waals surface area contributed by atoms with E-state index >= 15 is 0 Å². The zero-order valence-electron chi connectivity index (χ0n) is 14.8. The highest BCUT2D eigenvalue weighted by Crippen LogP contribution is 2.31. The van der Waals surface area contributed by atoms with Gasteiger partial charge in [0.15, 0.2) is 11.5 Å². The Morgan fingerprint density at radius 2 is 1.88 bits per heavy atom. The molecule has 7 nitrogen and oxygen atoms in total. The van der Waals surface area contributed by atoms with Crippen LogP contribution >= 0.6 is 11.3 Å². The number of thiophene rings is 1. The quantitative estimate of drug-likeness (QED) is 0.696. The van der Waals surface area contributed by atoms with Gasteiger partial charge in [0.2, 0.25) is 0 Å². The first-order valence-corrected chi connectivity index (χ1v) is 8.68. The topological polar surface area (TPSA) is 94.1 Å². The number of rotatable bonds is 9. The summed E-state index contributed by atoms with van der Waals surface area (Å²) in [5, 5.41) is 13.8. The summed E-state index contributed by atoms with van der Waals surface area (Å²) in [4.78, 5) is 24.4. The predicted molar refractivity (Wildman–Crippen MR) is 97.0 cm³/mol. The number of nitrogens with one attached hydrogen (secondary N) is 1. The van der Waals surface area contributed by atoms with Crippen molar-refractivity contribution in [2.45, 2.75) is 19.1 Å². The zero-order chi connectivity index (χ0) is 19.1. The first-order chi connectivity index (χ1) is 12.5. The summed E-state index contributed by atoms with van der Waals surface area (Å²) in [6, 6.07) is 6.15. The van der Waals surface area contributed by atoms with Crippen LogP contribution in [0.1, 0.15) is 33.3 Å². The third-order valence-corrected chi connectivity index (χ3v) is 4.70. The number of hydrogen-bond donors (Lipinski definition) is 2. The van der Waals surface area contributed by atoms with Gasteiger partial charge in [-0.05, 0) is 29.1 Å². The van der Waals surface area contributed by atoms with Gasteiger partial charge < -0.3 is 24.6 Å². The lowest BCUT2D eigenvalue weighted by Crippen LogP contribution is -2.30. The summed E-state index contributed by atoms with van der Waals surface area (Å²) in [6.45, 7) is 0.312. The van der Waals surface area contributed by atoms with Gasteiger partial charge in [-0.15, -0.1) is 11.3 Å². The largest absolute Gasteiger partial charge is 0.493 e. The number of benzene rings is 1. The predicted octanol–water partition coefficient (Wildman–Crippen LogP) is 2.86. The Labute approximate surface area is 155 Å². The molecule has 0 aliphatic rings. The summed E-state index contributed by atoms with van der Waals surface area (Å²) >= 11 is 1.28. The lowest BCUT2D eigenvalue weighted by atomic mass is 10.0. The molecule has 0 bridgehead atoms. The lowest BCUT2D eigenvalue weighted by Gasteiger charge is -2.19. The van der Waals surface area contributed by atoms with Crippen molar-refractivity contribution in [2.75, 3.05) is 21.3 Å². The van der Waals surface area contributed by atoms with E-state index in [1.54, 1.807) is 30.7 Å². The second kappa shape index (κ2) is 9.21. The smallest absolute Gasteiger partial charge is 0.305 e. The van der Waals surface area contributed by atoms with Gasteiger partial charge >= 0.3 is 5.97 Å². The van der Waals surface area contributed by atoms with Crippen molar-refractivity contribution in [1.29, 1.82) is 0 Å². The van der Waals surface area contributed by atoms with E-state index in [0.29, 0.717) is 28.5 Å². The second-order valence-corrected chi connectivity index (χ2v) is 6.36. The van der Waals surface area contributed by atoms with Crippen LogP contribution in [-0.2, 0) is 16.1 Å². The first kappa shape index (κ1) is 19.7. The number of ether oxygens (including phenoxy) is 3. The van der Waals surface area contributed by atoms with E-state index in [9.17, 15) is 14.7 Å². The molecule has 0 aliphatic carbocycles. The Bertz CT molecular complexity index is 773. The molecule has 1 amide bonds. The van der Waals surface area contributed by atoms with Gasteiger partial charge in [0, 0.05) is 12.7 Å². The molecule has 2 N–H and O–H groups in total. The van der Waals surface area contributed by atoms with Crippen molar-refractivity contribution in [2.24, 2.45) is 0 Å². The van der Waals surface area contributed by atoms with Crippen molar-refractivity contribution < 1.29 is 28.9 Å². The number of carboxylic acid groups (broad SMARTS) is 1. The molecule has 2 rings (SSSR count). The molecule has 1 aromatic heterocycles. The Hall–Kier alpha value is -2.58. The van der Waals surface area contributed by atoms with Crippen molar-refractivity contribution in [3.8, 4) is 11.5 Å². The number of carbonyl (C=O) groups excluding carboxylic acids is 1. The normalized spacial score (nSPS) is 11.7. The number of amides is 1. The van der Waals surface area contributed by atoms with Gasteiger partial charge in [-0.3, -0.25) is 9.59 Å². The fraction of sp³-hybridized carbons (Fsp3) is 0.333. The van der Waals surface area contributed by atoms with Crippen LogP contribution in [0.25, 0.3) is 0 Å². The van der Waals surface area contributed by atoms with Crippen LogP contribution in [0.4, 0.5) is 0 Å². The highest BCUT2D eigenvalue weighted by Gasteiger charge is 2.22. The molecule has 0 aliphatic heterocycles. The first-order valence-electron chi connectivity index (χ1n) is 7.80. The summed E-state index contributed by atoms with van der Waals surface area (Å²) in [6.07, 6.45) is -0.258. The molecule has 1 atom stereocenters. The summed E-state index contributed by atoms with van der Waals surface area (Å²) in [5.41, 5.74) is 1.37. The Kier molecular flexibility index (Phi) is 6.99. The van der Waals surface area contributed by atoms with Crippen LogP contribution < -0.4 is 14.8 Å². The minimum Gasteiger partial charge on any atom is -0.493 e. The van der Waals surface area contributed by atoms with Crippen molar-refractivity contribution in [3.63, 3.8) is 0 Å². The third kappa shape index (κ3) is 4.74. The maximum Gasteiger partial charge on any atom is 0.305 e. The molecule has 0 fully saturated rings. The van der Waals surface area contributed by atoms with E-state index in [2.05, 4.69) is 5.32 Å². The van der Waals surface area contributed by atoms with E-state index in [0.717, 1.165) is 5.56 Å². The van der Waals surface area contributed by atoms with Crippen molar-refractivity contribution in [1.82, 2.24) is 5.32 Å². The van der Waals surface area contributed by atoms with Crippen LogP contribution in [0.3, 0.4) is 0 Å². The molecule has 1 aromatic carbocycles. The van der Waals surface area contributed by atoms with Gasteiger partial charge in [-0.1, -0.05) is 6.07 Å². The number of carboxylic acids is 1. The van der Waals surface area contributed by atoms with Crippen LogP contribution in [0.15, 0.2) is 29.6 Å². The average Bonchev–Trinajstić information content (AvgIpc) is 3.09. The van der Waals surface area contributed by atoms with Gasteiger partial charge in [0.1, 0.15) is 0 Å². The number of carbonyl (C=O) groups is 2. The number of hydrogen-bond acceptors (Lipinski definition) is 6. The Balaban J connectivity index is 2.28.